The second-order valence-electron chi connectivity index (χ2n) is 2.77. The molecule has 0 aromatic carbocycles. The molecule has 0 saturated heterocycles. The quantitative estimate of drug-likeness (QED) is 0.439. The lowest BCUT2D eigenvalue weighted by Crippen LogP contribution is -2.32. The predicted molar refractivity (Wildman–Crippen MR) is 55.2 cm³/mol. The maximum absolute atomic E-state index is 5.59. The third-order valence-corrected chi connectivity index (χ3v) is 1.97. The fourth-order valence-electron chi connectivity index (χ4n) is 1.21. The van der Waals surface area contributed by atoms with Gasteiger partial charge in [0.25, 0.3) is 0 Å². The lowest BCUT2D eigenvalue weighted by Gasteiger charge is -2.20. The van der Waals surface area contributed by atoms with Crippen LogP contribution in [0, 0.1) is 0 Å². The maximum atomic E-state index is 5.59. The van der Waals surface area contributed by atoms with Crippen molar-refractivity contribution in [3.05, 3.63) is 5.69 Å². The van der Waals surface area contributed by atoms with Crippen LogP contribution < -0.4 is 5.73 Å². The minimum absolute atomic E-state index is 0.206. The Morgan fingerprint density at radius 1 is 1.47 bits per heavy atom. The summed E-state index contributed by atoms with van der Waals surface area (Å²) in [5.74, 6) is 0.735. The van der Waals surface area contributed by atoms with E-state index in [-0.39, 0.29) is 5.82 Å². The first-order chi connectivity index (χ1) is 7.24. The zero-order valence-corrected chi connectivity index (χ0v) is 9.10. The maximum Gasteiger partial charge on any atom is 0.201 e. The average Bonchev–Trinajstić information content (AvgIpc) is 2.65. The van der Waals surface area contributed by atoms with Gasteiger partial charge in [-0.25, -0.2) is 4.63 Å². The second kappa shape index (κ2) is 5.18. The van der Waals surface area contributed by atoms with E-state index in [4.69, 9.17) is 10.6 Å². The van der Waals surface area contributed by atoms with Crippen molar-refractivity contribution in [3.8, 4) is 0 Å². The van der Waals surface area contributed by atoms with Gasteiger partial charge in [-0.1, -0.05) is 5.16 Å². The van der Waals surface area contributed by atoms with Gasteiger partial charge >= 0.3 is 0 Å². The lowest BCUT2D eigenvalue weighted by molar-refractivity contribution is 0.206. The normalized spacial score (nSPS) is 11.5. The van der Waals surface area contributed by atoms with Crippen molar-refractivity contribution in [2.24, 2.45) is 5.16 Å². The number of nitrogen functional groups attached to an aromatic ring is 1. The molecule has 2 N–H and O–H groups in total. The van der Waals surface area contributed by atoms with Crippen LogP contribution in [-0.4, -0.2) is 41.2 Å². The Morgan fingerprint density at radius 2 is 2.13 bits per heavy atom. The highest BCUT2D eigenvalue weighted by Crippen LogP contribution is 2.09. The third-order valence-electron chi connectivity index (χ3n) is 1.97. The van der Waals surface area contributed by atoms with E-state index in [1.165, 1.54) is 7.11 Å². The molecule has 7 nitrogen and oxygen atoms in total. The summed E-state index contributed by atoms with van der Waals surface area (Å²) in [5.41, 5.74) is 5.99. The molecule has 1 aromatic rings. The molecule has 0 bridgehead atoms. The summed E-state index contributed by atoms with van der Waals surface area (Å²) in [6.45, 7) is 5.53. The Morgan fingerprint density at radius 3 is 2.53 bits per heavy atom. The molecule has 84 valence electrons. The summed E-state index contributed by atoms with van der Waals surface area (Å²) in [6.07, 6.45) is 0. The van der Waals surface area contributed by atoms with Crippen LogP contribution in [0.3, 0.4) is 0 Å². The van der Waals surface area contributed by atoms with E-state index in [1.54, 1.807) is 0 Å². The average molecular weight is 213 g/mol. The SMILES string of the molecule is CCN(CC)/C(=N/OC)c1nonc1N. The molecule has 1 aromatic heterocycles. The summed E-state index contributed by atoms with van der Waals surface area (Å²) < 4.78 is 4.52. The first-order valence-electron chi connectivity index (χ1n) is 4.69. The van der Waals surface area contributed by atoms with Gasteiger partial charge in [0, 0.05) is 13.1 Å². The zero-order valence-electron chi connectivity index (χ0n) is 9.10. The Labute approximate surface area is 87.8 Å². The number of amidine groups is 1. The molecule has 7 heteroatoms. The van der Waals surface area contributed by atoms with Crippen molar-refractivity contribution in [3.63, 3.8) is 0 Å². The van der Waals surface area contributed by atoms with E-state index < -0.39 is 0 Å². The largest absolute Gasteiger partial charge is 0.397 e. The highest BCUT2D eigenvalue weighted by molar-refractivity contribution is 5.99. The van der Waals surface area contributed by atoms with Crippen LogP contribution in [0.5, 0.6) is 0 Å². The molecule has 0 aliphatic rings. The molecule has 1 rings (SSSR count). The standard InChI is InChI=1S/C8H15N5O2/c1-4-13(5-2)8(12-14-3)6-7(9)11-15-10-6/h4-5H2,1-3H3,(H2,9,11)/b12-8+. The van der Waals surface area contributed by atoms with E-state index in [0.717, 1.165) is 13.1 Å². The molecule has 0 amide bonds. The highest BCUT2D eigenvalue weighted by Gasteiger charge is 2.19. The van der Waals surface area contributed by atoms with Crippen LogP contribution in [0.2, 0.25) is 0 Å². The number of hydrogen-bond donors (Lipinski definition) is 1. The van der Waals surface area contributed by atoms with Crippen LogP contribution in [-0.2, 0) is 4.84 Å². The van der Waals surface area contributed by atoms with Crippen LogP contribution in [0.1, 0.15) is 19.5 Å². The third kappa shape index (κ3) is 2.36. The van der Waals surface area contributed by atoms with Gasteiger partial charge in [-0.3, -0.25) is 0 Å². The summed E-state index contributed by atoms with van der Waals surface area (Å²) in [5, 5.41) is 11.1. The number of nitrogens with two attached hydrogens (primary N) is 1. The molecular formula is C8H15N5O2. The number of rotatable bonds is 4. The number of oxime groups is 1. The van der Waals surface area contributed by atoms with Crippen LogP contribution in [0.4, 0.5) is 5.82 Å². The second-order valence-corrected chi connectivity index (χ2v) is 2.77. The smallest absolute Gasteiger partial charge is 0.201 e. The summed E-state index contributed by atoms with van der Waals surface area (Å²) >= 11 is 0. The van der Waals surface area contributed by atoms with Gasteiger partial charge in [0.15, 0.2) is 11.5 Å². The van der Waals surface area contributed by atoms with Gasteiger partial charge < -0.3 is 15.5 Å². The van der Waals surface area contributed by atoms with E-state index in [2.05, 4.69) is 20.1 Å². The van der Waals surface area contributed by atoms with Gasteiger partial charge in [0.1, 0.15) is 7.11 Å². The highest BCUT2D eigenvalue weighted by atomic mass is 16.6. The Hall–Kier alpha value is -1.79. The number of nitrogens with zero attached hydrogens (tertiary/aromatic N) is 4. The van der Waals surface area contributed by atoms with Crippen molar-refractivity contribution in [1.29, 1.82) is 0 Å². The molecule has 0 atom stereocenters. The zero-order chi connectivity index (χ0) is 11.3. The number of hydrogen-bond acceptors (Lipinski definition) is 6. The summed E-state index contributed by atoms with van der Waals surface area (Å²) in [7, 11) is 1.47. The van der Waals surface area contributed by atoms with Crippen molar-refractivity contribution in [2.75, 3.05) is 25.9 Å². The van der Waals surface area contributed by atoms with Crippen molar-refractivity contribution >= 4 is 11.7 Å². The van der Waals surface area contributed by atoms with Crippen molar-refractivity contribution in [2.45, 2.75) is 13.8 Å². The van der Waals surface area contributed by atoms with Crippen LogP contribution >= 0.6 is 0 Å². The number of aromatic nitrogens is 2. The minimum Gasteiger partial charge on any atom is -0.397 e. The van der Waals surface area contributed by atoms with E-state index in [9.17, 15) is 0 Å². The van der Waals surface area contributed by atoms with Gasteiger partial charge in [0.2, 0.25) is 5.84 Å². The molecule has 15 heavy (non-hydrogen) atoms. The molecule has 0 unspecified atom stereocenters. The van der Waals surface area contributed by atoms with Crippen molar-refractivity contribution < 1.29 is 9.47 Å². The van der Waals surface area contributed by atoms with Crippen LogP contribution in [0.15, 0.2) is 9.78 Å². The summed E-state index contributed by atoms with van der Waals surface area (Å²) in [4.78, 5) is 6.69. The van der Waals surface area contributed by atoms with Crippen LogP contribution in [0.25, 0.3) is 0 Å². The van der Waals surface area contributed by atoms with Gasteiger partial charge in [-0.2, -0.15) is 0 Å². The molecule has 0 spiro atoms. The first-order valence-corrected chi connectivity index (χ1v) is 4.69. The fourth-order valence-corrected chi connectivity index (χ4v) is 1.21. The Bertz CT molecular complexity index is 332. The molecule has 1 heterocycles. The monoisotopic (exact) mass is 213 g/mol. The fraction of sp³-hybridized carbons (Fsp3) is 0.625. The van der Waals surface area contributed by atoms with Gasteiger partial charge in [-0.15, -0.1) is 0 Å². The first kappa shape index (κ1) is 11.3. The Kier molecular flexibility index (Phi) is 3.90. The predicted octanol–water partition coefficient (Wildman–Crippen LogP) is 0.302. The topological polar surface area (TPSA) is 89.8 Å². The molecular weight excluding hydrogens is 198 g/mol. The lowest BCUT2D eigenvalue weighted by atomic mass is 10.3. The van der Waals surface area contributed by atoms with Gasteiger partial charge in [0.05, 0.1) is 0 Å². The van der Waals surface area contributed by atoms with E-state index >= 15 is 0 Å². The Balaban J connectivity index is 3.03. The molecule has 0 radical (unpaired) electrons. The molecule has 0 saturated carbocycles. The van der Waals surface area contributed by atoms with E-state index in [1.807, 2.05) is 18.7 Å². The number of anilines is 1. The molecule has 0 aliphatic carbocycles. The minimum atomic E-state index is 0.206. The van der Waals surface area contributed by atoms with Gasteiger partial charge in [-0.05, 0) is 24.2 Å². The summed E-state index contributed by atoms with van der Waals surface area (Å²) in [6, 6.07) is 0. The van der Waals surface area contributed by atoms with Crippen molar-refractivity contribution in [1.82, 2.24) is 15.2 Å². The molecule has 0 aliphatic heterocycles. The molecule has 0 fully saturated rings. The van der Waals surface area contributed by atoms with E-state index in [0.29, 0.717) is 11.5 Å².